The highest BCUT2D eigenvalue weighted by atomic mass is 79.9. The van der Waals surface area contributed by atoms with Crippen LogP contribution in [0, 0.1) is 17.2 Å². The lowest BCUT2D eigenvalue weighted by molar-refractivity contribution is -0.118. The van der Waals surface area contributed by atoms with E-state index in [0.29, 0.717) is 6.42 Å². The van der Waals surface area contributed by atoms with Crippen LogP contribution in [0.5, 0.6) is 0 Å². The molecule has 0 radical (unpaired) electrons. The quantitative estimate of drug-likeness (QED) is 0.767. The summed E-state index contributed by atoms with van der Waals surface area (Å²) in [6.45, 7) is 0. The molecule has 1 amide bonds. The maximum atomic E-state index is 11.4. The van der Waals surface area contributed by atoms with Gasteiger partial charge in [0.25, 0.3) is 0 Å². The van der Waals surface area contributed by atoms with Crippen molar-refractivity contribution in [3.63, 3.8) is 0 Å². The molecule has 0 aromatic heterocycles. The minimum Gasteiger partial charge on any atom is -0.325 e. The second kappa shape index (κ2) is 3.43. The van der Waals surface area contributed by atoms with E-state index in [4.69, 9.17) is 5.26 Å². The summed E-state index contributed by atoms with van der Waals surface area (Å²) in [5.41, 5.74) is 1.80. The SMILES string of the molecule is N#CC1Cc2c(Br)cccc2NC1=O. The Morgan fingerprint density at radius 3 is 3.07 bits per heavy atom. The Kier molecular flexibility index (Phi) is 2.26. The van der Waals surface area contributed by atoms with E-state index in [0.717, 1.165) is 15.7 Å². The van der Waals surface area contributed by atoms with Crippen LogP contribution >= 0.6 is 15.9 Å². The van der Waals surface area contributed by atoms with Gasteiger partial charge in [-0.15, -0.1) is 0 Å². The van der Waals surface area contributed by atoms with E-state index < -0.39 is 5.92 Å². The van der Waals surface area contributed by atoms with Crippen LogP contribution in [0.15, 0.2) is 22.7 Å². The van der Waals surface area contributed by atoms with Gasteiger partial charge in [-0.25, -0.2) is 0 Å². The topological polar surface area (TPSA) is 52.9 Å². The largest absolute Gasteiger partial charge is 0.325 e. The highest BCUT2D eigenvalue weighted by Crippen LogP contribution is 2.31. The van der Waals surface area contributed by atoms with E-state index >= 15 is 0 Å². The Morgan fingerprint density at radius 2 is 2.36 bits per heavy atom. The number of carbonyl (C=O) groups is 1. The van der Waals surface area contributed by atoms with Crippen LogP contribution in [0.25, 0.3) is 0 Å². The third-order valence-corrected chi connectivity index (χ3v) is 3.00. The monoisotopic (exact) mass is 250 g/mol. The van der Waals surface area contributed by atoms with Gasteiger partial charge in [-0.05, 0) is 17.7 Å². The minimum atomic E-state index is -0.568. The fourth-order valence-electron chi connectivity index (χ4n) is 1.50. The molecule has 4 heteroatoms. The van der Waals surface area contributed by atoms with Crippen molar-refractivity contribution in [2.24, 2.45) is 5.92 Å². The van der Waals surface area contributed by atoms with Crippen molar-refractivity contribution in [3.8, 4) is 6.07 Å². The molecule has 1 N–H and O–H groups in total. The molecule has 2 rings (SSSR count). The molecular weight excluding hydrogens is 244 g/mol. The molecule has 14 heavy (non-hydrogen) atoms. The van der Waals surface area contributed by atoms with Gasteiger partial charge in [-0.2, -0.15) is 5.26 Å². The van der Waals surface area contributed by atoms with Crippen molar-refractivity contribution < 1.29 is 4.79 Å². The molecule has 3 nitrogen and oxygen atoms in total. The summed E-state index contributed by atoms with van der Waals surface area (Å²) < 4.78 is 0.940. The predicted octanol–water partition coefficient (Wildman–Crippen LogP) is 2.08. The number of nitrogens with one attached hydrogen (secondary N) is 1. The zero-order chi connectivity index (χ0) is 10.1. The predicted molar refractivity (Wildman–Crippen MR) is 55.6 cm³/mol. The highest BCUT2D eigenvalue weighted by molar-refractivity contribution is 9.10. The maximum absolute atomic E-state index is 11.4. The number of halogens is 1. The van der Waals surface area contributed by atoms with Gasteiger partial charge in [0.2, 0.25) is 5.91 Å². The van der Waals surface area contributed by atoms with Gasteiger partial charge in [0.1, 0.15) is 5.92 Å². The van der Waals surface area contributed by atoms with E-state index in [1.54, 1.807) is 0 Å². The first-order chi connectivity index (χ1) is 6.72. The summed E-state index contributed by atoms with van der Waals surface area (Å²) in [5, 5.41) is 11.5. The van der Waals surface area contributed by atoms with Crippen molar-refractivity contribution in [1.82, 2.24) is 0 Å². The lowest BCUT2D eigenvalue weighted by atomic mass is 9.94. The molecular formula is C10H7BrN2O. The van der Waals surface area contributed by atoms with Gasteiger partial charge >= 0.3 is 0 Å². The summed E-state index contributed by atoms with van der Waals surface area (Å²) in [5.74, 6) is -0.778. The fourth-order valence-corrected chi connectivity index (χ4v) is 2.03. The number of rotatable bonds is 0. The molecule has 0 fully saturated rings. The minimum absolute atomic E-state index is 0.210. The molecule has 0 bridgehead atoms. The number of hydrogen-bond donors (Lipinski definition) is 1. The average molecular weight is 251 g/mol. The van der Waals surface area contributed by atoms with E-state index in [9.17, 15) is 4.79 Å². The summed E-state index contributed by atoms with van der Waals surface area (Å²) >= 11 is 3.40. The second-order valence-corrected chi connectivity index (χ2v) is 4.00. The zero-order valence-electron chi connectivity index (χ0n) is 7.25. The summed E-state index contributed by atoms with van der Waals surface area (Å²) in [7, 11) is 0. The van der Waals surface area contributed by atoms with Crippen molar-refractivity contribution in [2.45, 2.75) is 6.42 Å². The number of hydrogen-bond acceptors (Lipinski definition) is 2. The van der Waals surface area contributed by atoms with Crippen LogP contribution in [-0.2, 0) is 11.2 Å². The van der Waals surface area contributed by atoms with Crippen molar-refractivity contribution >= 4 is 27.5 Å². The number of fused-ring (bicyclic) bond motifs is 1. The second-order valence-electron chi connectivity index (χ2n) is 3.14. The Labute approximate surface area is 89.9 Å². The smallest absolute Gasteiger partial charge is 0.242 e. The van der Waals surface area contributed by atoms with Crippen molar-refractivity contribution in [1.29, 1.82) is 5.26 Å². The first-order valence-corrected chi connectivity index (χ1v) is 4.99. The molecule has 0 aliphatic carbocycles. The number of nitriles is 1. The Bertz CT molecular complexity index is 436. The molecule has 1 aromatic carbocycles. The van der Waals surface area contributed by atoms with Crippen LogP contribution in [0.3, 0.4) is 0 Å². The third-order valence-electron chi connectivity index (χ3n) is 2.26. The number of benzene rings is 1. The maximum Gasteiger partial charge on any atom is 0.242 e. The van der Waals surface area contributed by atoms with E-state index in [1.165, 1.54) is 0 Å². The van der Waals surface area contributed by atoms with Crippen LogP contribution in [0.1, 0.15) is 5.56 Å². The summed E-state index contributed by atoms with van der Waals surface area (Å²) in [4.78, 5) is 11.4. The molecule has 1 aliphatic heterocycles. The highest BCUT2D eigenvalue weighted by Gasteiger charge is 2.26. The third kappa shape index (κ3) is 1.40. The normalized spacial score (nSPS) is 19.4. The number of nitrogens with zero attached hydrogens (tertiary/aromatic N) is 1. The van der Waals surface area contributed by atoms with Gasteiger partial charge in [0.05, 0.1) is 6.07 Å². The van der Waals surface area contributed by atoms with E-state index in [-0.39, 0.29) is 5.91 Å². The van der Waals surface area contributed by atoms with E-state index in [1.807, 2.05) is 24.3 Å². The zero-order valence-corrected chi connectivity index (χ0v) is 8.84. The molecule has 0 spiro atoms. The van der Waals surface area contributed by atoms with E-state index in [2.05, 4.69) is 21.2 Å². The molecule has 70 valence electrons. The molecule has 0 saturated heterocycles. The lowest BCUT2D eigenvalue weighted by Crippen LogP contribution is -2.28. The standard InChI is InChI=1S/C10H7BrN2O/c11-8-2-1-3-9-7(8)4-6(5-12)10(14)13-9/h1-3,6H,4H2,(H,13,14). The molecule has 1 unspecified atom stereocenters. The first-order valence-electron chi connectivity index (χ1n) is 4.20. The van der Waals surface area contributed by atoms with Gasteiger partial charge in [0, 0.05) is 16.6 Å². The Balaban J connectivity index is 2.47. The molecule has 1 aromatic rings. The molecule has 1 atom stereocenters. The molecule has 1 heterocycles. The molecule has 0 saturated carbocycles. The van der Waals surface area contributed by atoms with Crippen molar-refractivity contribution in [3.05, 3.63) is 28.2 Å². The van der Waals surface area contributed by atoms with Gasteiger partial charge in [-0.1, -0.05) is 22.0 Å². The van der Waals surface area contributed by atoms with Crippen molar-refractivity contribution in [2.75, 3.05) is 5.32 Å². The summed E-state index contributed by atoms with van der Waals surface area (Å²) in [6, 6.07) is 7.59. The van der Waals surface area contributed by atoms with Gasteiger partial charge in [-0.3, -0.25) is 4.79 Å². The van der Waals surface area contributed by atoms with Crippen LogP contribution in [-0.4, -0.2) is 5.91 Å². The number of amides is 1. The Morgan fingerprint density at radius 1 is 1.57 bits per heavy atom. The van der Waals surface area contributed by atoms with Gasteiger partial charge < -0.3 is 5.32 Å². The number of anilines is 1. The molecule has 1 aliphatic rings. The lowest BCUT2D eigenvalue weighted by Gasteiger charge is -2.21. The van der Waals surface area contributed by atoms with Gasteiger partial charge in [0.15, 0.2) is 0 Å². The average Bonchev–Trinajstić information content (AvgIpc) is 2.17. The first kappa shape index (κ1) is 9.22. The van der Waals surface area contributed by atoms with Crippen LogP contribution in [0.2, 0.25) is 0 Å². The Hall–Kier alpha value is -1.34. The van der Waals surface area contributed by atoms with Crippen LogP contribution < -0.4 is 5.32 Å². The fraction of sp³-hybridized carbons (Fsp3) is 0.200. The number of carbonyl (C=O) groups excluding carboxylic acids is 1. The van der Waals surface area contributed by atoms with Crippen LogP contribution in [0.4, 0.5) is 5.69 Å². The summed E-state index contributed by atoms with van der Waals surface area (Å²) in [6.07, 6.45) is 0.485.